The van der Waals surface area contributed by atoms with E-state index in [1.54, 1.807) is 44.2 Å². The molecule has 0 aliphatic carbocycles. The lowest BCUT2D eigenvalue weighted by atomic mass is 9.95. The molecule has 1 aliphatic rings. The first kappa shape index (κ1) is 25.2. The lowest BCUT2D eigenvalue weighted by Crippen LogP contribution is -2.31. The summed E-state index contributed by atoms with van der Waals surface area (Å²) in [7, 11) is 0. The van der Waals surface area contributed by atoms with Crippen molar-refractivity contribution in [1.82, 2.24) is 4.98 Å². The van der Waals surface area contributed by atoms with Crippen molar-refractivity contribution in [2.24, 2.45) is 0 Å². The number of hydrogen-bond acceptors (Lipinski definition) is 8. The van der Waals surface area contributed by atoms with Gasteiger partial charge in [-0.1, -0.05) is 53.8 Å². The van der Waals surface area contributed by atoms with Crippen molar-refractivity contribution in [1.29, 1.82) is 0 Å². The minimum atomic E-state index is -1.02. The molecule has 1 amide bonds. The van der Waals surface area contributed by atoms with Crippen molar-refractivity contribution in [3.63, 3.8) is 0 Å². The Hall–Kier alpha value is -4.50. The molecule has 0 saturated heterocycles. The largest absolute Gasteiger partial charge is 0.503 e. The van der Waals surface area contributed by atoms with E-state index < -0.39 is 23.5 Å². The zero-order chi connectivity index (χ0) is 27.0. The first-order valence-electron chi connectivity index (χ1n) is 11.9. The van der Waals surface area contributed by atoms with Gasteiger partial charge in [0.1, 0.15) is 18.1 Å². The number of furan rings is 1. The number of aliphatic hydroxyl groups excluding tert-OH is 1. The first-order chi connectivity index (χ1) is 18.2. The lowest BCUT2D eigenvalue weighted by Gasteiger charge is -2.24. The van der Waals surface area contributed by atoms with Crippen LogP contribution >= 0.6 is 11.3 Å². The van der Waals surface area contributed by atoms with Crippen molar-refractivity contribution in [3.8, 4) is 5.75 Å². The Morgan fingerprint density at radius 2 is 1.84 bits per heavy atom. The molecule has 192 valence electrons. The fourth-order valence-corrected chi connectivity index (χ4v) is 5.36. The van der Waals surface area contributed by atoms with Gasteiger partial charge < -0.3 is 14.3 Å². The number of amides is 1. The van der Waals surface area contributed by atoms with E-state index in [0.717, 1.165) is 16.9 Å². The predicted octanol–water partition coefficient (Wildman–Crippen LogP) is 5.92. The van der Waals surface area contributed by atoms with Gasteiger partial charge in [-0.2, -0.15) is 0 Å². The molecule has 5 rings (SSSR count). The molecule has 2 aromatic carbocycles. The van der Waals surface area contributed by atoms with Gasteiger partial charge in [0.05, 0.1) is 22.2 Å². The SMILES string of the molecule is CC(=O)c1sc(N2C(=O)C(O)=C(C(=O)c3ccc(C)o3)C2c2cccc(OCc3ccccc3)c2)nc1C. The number of thiazole rings is 1. The maximum absolute atomic E-state index is 13.6. The summed E-state index contributed by atoms with van der Waals surface area (Å²) in [5.74, 6) is -1.25. The van der Waals surface area contributed by atoms with Crippen LogP contribution < -0.4 is 9.64 Å². The van der Waals surface area contributed by atoms with E-state index in [1.807, 2.05) is 30.3 Å². The number of carbonyl (C=O) groups excluding carboxylic acids is 3. The maximum Gasteiger partial charge on any atom is 0.296 e. The van der Waals surface area contributed by atoms with Gasteiger partial charge in [0.25, 0.3) is 5.91 Å². The average Bonchev–Trinajstić information content (AvgIpc) is 3.59. The summed E-state index contributed by atoms with van der Waals surface area (Å²) in [6, 6.07) is 18.8. The second kappa shape index (κ2) is 10.1. The first-order valence-corrected chi connectivity index (χ1v) is 12.7. The van der Waals surface area contributed by atoms with Crippen LogP contribution in [0.15, 0.2) is 82.5 Å². The van der Waals surface area contributed by atoms with E-state index in [-0.39, 0.29) is 22.2 Å². The van der Waals surface area contributed by atoms with E-state index in [4.69, 9.17) is 9.15 Å². The molecule has 1 unspecified atom stereocenters. The Morgan fingerprint density at radius 1 is 1.08 bits per heavy atom. The molecule has 0 spiro atoms. The minimum absolute atomic E-state index is 0.0000680. The second-order valence-electron chi connectivity index (χ2n) is 8.89. The standard InChI is InChI=1S/C29H24N2O6S/c1-16-12-13-22(37-16)25(33)23-24(20-10-7-11-21(14-20)36-15-19-8-5-4-6-9-19)31(28(35)26(23)34)29-30-17(2)27(38-29)18(3)32/h4-14,24,34H,15H2,1-3H3. The highest BCUT2D eigenvalue weighted by Crippen LogP contribution is 2.44. The monoisotopic (exact) mass is 528 g/mol. The number of benzene rings is 2. The summed E-state index contributed by atoms with van der Waals surface area (Å²) >= 11 is 1.04. The molecule has 2 aromatic heterocycles. The van der Waals surface area contributed by atoms with Gasteiger partial charge in [0.15, 0.2) is 22.4 Å². The Balaban J connectivity index is 1.58. The van der Waals surface area contributed by atoms with Crippen LogP contribution in [-0.2, 0) is 11.4 Å². The zero-order valence-corrected chi connectivity index (χ0v) is 21.7. The van der Waals surface area contributed by atoms with Crippen LogP contribution in [0.5, 0.6) is 5.75 Å². The zero-order valence-electron chi connectivity index (χ0n) is 20.9. The maximum atomic E-state index is 13.6. The number of anilines is 1. The third-order valence-electron chi connectivity index (χ3n) is 6.15. The third-order valence-corrected chi connectivity index (χ3v) is 7.41. The third kappa shape index (κ3) is 4.64. The molecule has 4 aromatic rings. The Bertz CT molecular complexity index is 1580. The van der Waals surface area contributed by atoms with Gasteiger partial charge in [-0.25, -0.2) is 4.98 Å². The molecule has 1 atom stereocenters. The molecule has 38 heavy (non-hydrogen) atoms. The highest BCUT2D eigenvalue weighted by molar-refractivity contribution is 7.17. The summed E-state index contributed by atoms with van der Waals surface area (Å²) in [5, 5.41) is 11.2. The Labute approximate surface area is 222 Å². The number of aromatic nitrogens is 1. The average molecular weight is 529 g/mol. The van der Waals surface area contributed by atoms with Crippen LogP contribution in [0.25, 0.3) is 0 Å². The van der Waals surface area contributed by atoms with Crippen LogP contribution in [0.1, 0.15) is 55.8 Å². The number of aliphatic hydroxyl groups is 1. The number of hydrogen-bond donors (Lipinski definition) is 1. The second-order valence-corrected chi connectivity index (χ2v) is 9.87. The van der Waals surface area contributed by atoms with Gasteiger partial charge in [0.2, 0.25) is 5.78 Å². The van der Waals surface area contributed by atoms with E-state index in [0.29, 0.717) is 34.3 Å². The molecule has 3 heterocycles. The summed E-state index contributed by atoms with van der Waals surface area (Å²) in [5.41, 5.74) is 1.83. The van der Waals surface area contributed by atoms with Gasteiger partial charge in [-0.3, -0.25) is 19.3 Å². The van der Waals surface area contributed by atoms with E-state index in [9.17, 15) is 19.5 Å². The summed E-state index contributed by atoms with van der Waals surface area (Å²) < 4.78 is 11.5. The Kier molecular flexibility index (Phi) is 6.69. The normalized spacial score (nSPS) is 15.3. The molecular formula is C29H24N2O6S. The fraction of sp³-hybridized carbons (Fsp3) is 0.172. The van der Waals surface area contributed by atoms with E-state index >= 15 is 0 Å². The molecule has 8 nitrogen and oxygen atoms in total. The van der Waals surface area contributed by atoms with E-state index in [1.165, 1.54) is 17.9 Å². The molecular weight excluding hydrogens is 504 g/mol. The summed E-state index contributed by atoms with van der Waals surface area (Å²) in [6.07, 6.45) is 0. The van der Waals surface area contributed by atoms with Crippen LogP contribution in [0.2, 0.25) is 0 Å². The number of ketones is 2. The van der Waals surface area contributed by atoms with Crippen molar-refractivity contribution in [3.05, 3.63) is 111 Å². The topological polar surface area (TPSA) is 110 Å². The van der Waals surface area contributed by atoms with E-state index in [2.05, 4.69) is 4.98 Å². The van der Waals surface area contributed by atoms with Crippen molar-refractivity contribution in [2.75, 3.05) is 4.90 Å². The number of rotatable bonds is 8. The quantitative estimate of drug-likeness (QED) is 0.283. The molecule has 0 saturated carbocycles. The van der Waals surface area contributed by atoms with Crippen molar-refractivity contribution < 1.29 is 28.6 Å². The molecule has 9 heteroatoms. The van der Waals surface area contributed by atoms with Gasteiger partial charge in [-0.15, -0.1) is 0 Å². The highest BCUT2D eigenvalue weighted by Gasteiger charge is 2.46. The number of Topliss-reactive ketones (excluding diaryl/α,β-unsaturated/α-hetero) is 2. The van der Waals surface area contributed by atoms with Crippen LogP contribution in [0, 0.1) is 13.8 Å². The van der Waals surface area contributed by atoms with Crippen molar-refractivity contribution >= 4 is 33.9 Å². The molecule has 1 N–H and O–H groups in total. The number of ether oxygens (including phenoxy) is 1. The number of aryl methyl sites for hydroxylation is 2. The van der Waals surface area contributed by atoms with Gasteiger partial charge in [0, 0.05) is 6.92 Å². The molecule has 0 fully saturated rings. The van der Waals surface area contributed by atoms with Crippen molar-refractivity contribution in [2.45, 2.75) is 33.4 Å². The fourth-order valence-electron chi connectivity index (χ4n) is 4.37. The number of nitrogens with zero attached hydrogens (tertiary/aromatic N) is 2. The summed E-state index contributed by atoms with van der Waals surface area (Å²) in [4.78, 5) is 45.2. The predicted molar refractivity (Wildman–Crippen MR) is 142 cm³/mol. The van der Waals surface area contributed by atoms with Gasteiger partial charge in [-0.05, 0) is 49.2 Å². The Morgan fingerprint density at radius 3 is 2.50 bits per heavy atom. The molecule has 0 bridgehead atoms. The summed E-state index contributed by atoms with van der Waals surface area (Å²) in [6.45, 7) is 5.12. The highest BCUT2D eigenvalue weighted by atomic mass is 32.1. The molecule has 1 aliphatic heterocycles. The smallest absolute Gasteiger partial charge is 0.296 e. The van der Waals surface area contributed by atoms with Crippen LogP contribution in [-0.4, -0.2) is 27.6 Å². The van der Waals surface area contributed by atoms with Crippen LogP contribution in [0.4, 0.5) is 5.13 Å². The lowest BCUT2D eigenvalue weighted by molar-refractivity contribution is -0.117. The number of carbonyl (C=O) groups is 3. The van der Waals surface area contributed by atoms with Crippen LogP contribution in [0.3, 0.4) is 0 Å². The minimum Gasteiger partial charge on any atom is -0.503 e. The van der Waals surface area contributed by atoms with Gasteiger partial charge >= 0.3 is 0 Å². The molecule has 0 radical (unpaired) electrons.